The van der Waals surface area contributed by atoms with E-state index in [0.717, 1.165) is 30.4 Å². The maximum absolute atomic E-state index is 13.4. The molecule has 1 fully saturated rings. The molecule has 2 aliphatic rings. The van der Waals surface area contributed by atoms with Crippen LogP contribution in [0.5, 0.6) is 0 Å². The number of benzene rings is 2. The Morgan fingerprint density at radius 3 is 2.67 bits per heavy atom. The van der Waals surface area contributed by atoms with Crippen molar-refractivity contribution in [1.82, 2.24) is 10.2 Å². The molecule has 0 radical (unpaired) electrons. The number of fused-ring (bicyclic) bond motifs is 2. The van der Waals surface area contributed by atoms with E-state index in [1.165, 1.54) is 22.1 Å². The van der Waals surface area contributed by atoms with Crippen molar-refractivity contribution in [3.05, 3.63) is 80.7 Å². The number of carbonyl (C=O) groups excluding carboxylic acids is 2. The van der Waals surface area contributed by atoms with E-state index >= 15 is 0 Å². The van der Waals surface area contributed by atoms with E-state index in [0.29, 0.717) is 16.5 Å². The Morgan fingerprint density at radius 1 is 1.03 bits per heavy atom. The molecular formula is C24H22N2O4. The fraction of sp³-hybridized carbons (Fsp3) is 0.292. The average Bonchev–Trinajstić information content (AvgIpc) is 3.25. The Balaban J connectivity index is 1.51. The summed E-state index contributed by atoms with van der Waals surface area (Å²) in [5, 5.41) is 3.58. The molecule has 1 aliphatic heterocycles. The van der Waals surface area contributed by atoms with Crippen LogP contribution in [0.25, 0.3) is 11.0 Å². The highest BCUT2D eigenvalue weighted by Gasteiger charge is 2.49. The van der Waals surface area contributed by atoms with E-state index in [2.05, 4.69) is 11.4 Å². The zero-order valence-electron chi connectivity index (χ0n) is 17.0. The lowest BCUT2D eigenvalue weighted by Gasteiger charge is -2.23. The summed E-state index contributed by atoms with van der Waals surface area (Å²) in [5.74, 6) is -0.320. The van der Waals surface area contributed by atoms with Crippen LogP contribution in [0.15, 0.2) is 51.7 Å². The molecule has 1 aliphatic carbocycles. The highest BCUT2D eigenvalue weighted by Crippen LogP contribution is 2.33. The molecule has 2 heterocycles. The summed E-state index contributed by atoms with van der Waals surface area (Å²) in [5.41, 5.74) is 3.72. The molecule has 1 atom stereocenters. The quantitative estimate of drug-likeness (QED) is 0.537. The largest absolute Gasteiger partial charge is 0.423 e. The van der Waals surface area contributed by atoms with Crippen LogP contribution < -0.4 is 10.9 Å². The number of aryl methyl sites for hydroxylation is 3. The number of urea groups is 1. The first-order valence-corrected chi connectivity index (χ1v) is 10.1. The van der Waals surface area contributed by atoms with Crippen molar-refractivity contribution in [3.63, 3.8) is 0 Å². The maximum Gasteiger partial charge on any atom is 0.336 e. The zero-order valence-corrected chi connectivity index (χ0v) is 17.0. The van der Waals surface area contributed by atoms with Gasteiger partial charge in [0.1, 0.15) is 11.1 Å². The van der Waals surface area contributed by atoms with Crippen LogP contribution in [0.4, 0.5) is 4.79 Å². The van der Waals surface area contributed by atoms with Gasteiger partial charge in [-0.2, -0.15) is 0 Å². The van der Waals surface area contributed by atoms with E-state index in [4.69, 9.17) is 4.42 Å². The third kappa shape index (κ3) is 2.83. The van der Waals surface area contributed by atoms with E-state index in [-0.39, 0.29) is 12.5 Å². The van der Waals surface area contributed by atoms with Gasteiger partial charge in [0.05, 0.1) is 6.54 Å². The molecule has 1 aromatic heterocycles. The van der Waals surface area contributed by atoms with Gasteiger partial charge < -0.3 is 9.73 Å². The summed E-state index contributed by atoms with van der Waals surface area (Å²) in [4.78, 5) is 39.4. The molecule has 1 N–H and O–H groups in total. The molecule has 152 valence electrons. The fourth-order valence-electron chi connectivity index (χ4n) is 4.56. The molecule has 0 saturated carbocycles. The summed E-state index contributed by atoms with van der Waals surface area (Å²) < 4.78 is 5.29. The number of amides is 3. The second-order valence-electron chi connectivity index (χ2n) is 8.37. The fourth-order valence-corrected chi connectivity index (χ4v) is 4.56. The average molecular weight is 402 g/mol. The Bertz CT molecular complexity index is 1280. The van der Waals surface area contributed by atoms with Gasteiger partial charge in [-0.3, -0.25) is 9.69 Å². The van der Waals surface area contributed by atoms with Gasteiger partial charge in [-0.05, 0) is 67.0 Å². The van der Waals surface area contributed by atoms with Crippen LogP contribution in [0.3, 0.4) is 0 Å². The highest BCUT2D eigenvalue weighted by molar-refractivity contribution is 6.07. The number of carbonyl (C=O) groups is 2. The maximum atomic E-state index is 13.4. The molecule has 0 spiro atoms. The number of imide groups is 1. The van der Waals surface area contributed by atoms with Crippen molar-refractivity contribution in [2.24, 2.45) is 0 Å². The number of hydrogen-bond acceptors (Lipinski definition) is 4. The molecular weight excluding hydrogens is 380 g/mol. The minimum atomic E-state index is -1.12. The molecule has 30 heavy (non-hydrogen) atoms. The molecule has 3 aromatic rings. The monoisotopic (exact) mass is 402 g/mol. The Kier molecular flexibility index (Phi) is 4.07. The second kappa shape index (κ2) is 6.55. The number of nitrogens with one attached hydrogen (secondary N) is 1. The van der Waals surface area contributed by atoms with Crippen LogP contribution in [-0.2, 0) is 29.7 Å². The molecule has 3 amide bonds. The summed E-state index contributed by atoms with van der Waals surface area (Å²) in [6.45, 7) is 3.66. The lowest BCUT2D eigenvalue weighted by Crippen LogP contribution is -2.41. The minimum Gasteiger partial charge on any atom is -0.423 e. The Morgan fingerprint density at radius 2 is 1.83 bits per heavy atom. The van der Waals surface area contributed by atoms with Crippen molar-refractivity contribution in [1.29, 1.82) is 0 Å². The predicted molar refractivity (Wildman–Crippen MR) is 112 cm³/mol. The Labute approximate surface area is 173 Å². The smallest absolute Gasteiger partial charge is 0.336 e. The van der Waals surface area contributed by atoms with Gasteiger partial charge in [-0.15, -0.1) is 0 Å². The summed E-state index contributed by atoms with van der Waals surface area (Å²) in [6, 6.07) is 12.5. The first-order valence-electron chi connectivity index (χ1n) is 10.1. The van der Waals surface area contributed by atoms with E-state index in [9.17, 15) is 14.4 Å². The van der Waals surface area contributed by atoms with E-state index in [1.807, 2.05) is 31.2 Å². The third-order valence-corrected chi connectivity index (χ3v) is 6.26. The molecule has 5 rings (SSSR count). The lowest BCUT2D eigenvalue weighted by molar-refractivity contribution is -0.131. The molecule has 2 aromatic carbocycles. The summed E-state index contributed by atoms with van der Waals surface area (Å²) in [7, 11) is 0. The van der Waals surface area contributed by atoms with Gasteiger partial charge in [0, 0.05) is 11.5 Å². The van der Waals surface area contributed by atoms with Gasteiger partial charge in [0.25, 0.3) is 5.91 Å². The van der Waals surface area contributed by atoms with Gasteiger partial charge in [-0.25, -0.2) is 9.59 Å². The van der Waals surface area contributed by atoms with Crippen molar-refractivity contribution in [2.45, 2.75) is 45.2 Å². The van der Waals surface area contributed by atoms with Crippen LogP contribution in [0.2, 0.25) is 0 Å². The number of hydrogen-bond donors (Lipinski definition) is 1. The van der Waals surface area contributed by atoms with Crippen molar-refractivity contribution < 1.29 is 14.0 Å². The first-order chi connectivity index (χ1) is 14.3. The van der Waals surface area contributed by atoms with Crippen molar-refractivity contribution in [2.75, 3.05) is 0 Å². The Hall–Kier alpha value is -3.41. The lowest BCUT2D eigenvalue weighted by atomic mass is 9.89. The topological polar surface area (TPSA) is 79.6 Å². The van der Waals surface area contributed by atoms with E-state index < -0.39 is 17.2 Å². The van der Waals surface area contributed by atoms with Gasteiger partial charge in [-0.1, -0.05) is 30.3 Å². The molecule has 6 nitrogen and oxygen atoms in total. The van der Waals surface area contributed by atoms with Gasteiger partial charge >= 0.3 is 11.7 Å². The van der Waals surface area contributed by atoms with Gasteiger partial charge in [0.15, 0.2) is 0 Å². The zero-order chi connectivity index (χ0) is 21.0. The van der Waals surface area contributed by atoms with E-state index in [1.54, 1.807) is 13.0 Å². The van der Waals surface area contributed by atoms with Gasteiger partial charge in [0.2, 0.25) is 0 Å². The van der Waals surface area contributed by atoms with Crippen molar-refractivity contribution in [3.8, 4) is 0 Å². The second-order valence-corrected chi connectivity index (χ2v) is 8.37. The molecule has 1 saturated heterocycles. The number of nitrogens with zero attached hydrogens (tertiary/aromatic N) is 1. The molecule has 6 heteroatoms. The summed E-state index contributed by atoms with van der Waals surface area (Å²) >= 11 is 0. The van der Waals surface area contributed by atoms with Crippen LogP contribution in [-0.4, -0.2) is 16.8 Å². The van der Waals surface area contributed by atoms with Crippen LogP contribution >= 0.6 is 0 Å². The molecule has 1 unspecified atom stereocenters. The molecule has 0 bridgehead atoms. The SMILES string of the molecule is Cc1ccc2c(CN3C(=O)NC(C)(c4ccc5c(c4)CCC5)C3=O)cc(=O)oc2c1. The standard InChI is InChI=1S/C24H22N2O4/c1-14-6-9-19-17(12-21(27)30-20(19)10-14)13-26-22(28)24(2,25-23(26)29)18-8-7-15-4-3-5-16(15)11-18/h6-12H,3-5,13H2,1-2H3,(H,25,29). The third-order valence-electron chi connectivity index (χ3n) is 6.26. The highest BCUT2D eigenvalue weighted by atomic mass is 16.4. The van der Waals surface area contributed by atoms with Crippen LogP contribution in [0.1, 0.15) is 41.2 Å². The normalized spacial score (nSPS) is 20.7. The predicted octanol–water partition coefficient (Wildman–Crippen LogP) is 3.56. The van der Waals surface area contributed by atoms with Crippen LogP contribution in [0, 0.1) is 6.92 Å². The van der Waals surface area contributed by atoms with Crippen molar-refractivity contribution >= 4 is 22.9 Å². The summed E-state index contributed by atoms with van der Waals surface area (Å²) in [6.07, 6.45) is 3.17. The number of rotatable bonds is 3. The minimum absolute atomic E-state index is 0.0103. The first kappa shape index (κ1) is 18.6.